The molecule has 0 aliphatic rings. The van der Waals surface area contributed by atoms with Crippen molar-refractivity contribution in [2.75, 3.05) is 12.4 Å². The number of amides is 1. The highest BCUT2D eigenvalue weighted by Crippen LogP contribution is 2.18. The van der Waals surface area contributed by atoms with E-state index < -0.39 is 10.8 Å². The Kier molecular flexibility index (Phi) is 5.21. The van der Waals surface area contributed by atoms with E-state index in [1.54, 1.807) is 30.3 Å². The molecule has 0 aliphatic heterocycles. The van der Waals surface area contributed by atoms with Gasteiger partial charge >= 0.3 is 0 Å². The number of nitro groups is 1. The summed E-state index contributed by atoms with van der Waals surface area (Å²) in [5, 5.41) is 16.2. The Morgan fingerprint density at radius 3 is 2.65 bits per heavy atom. The number of rotatable bonds is 4. The van der Waals surface area contributed by atoms with Gasteiger partial charge in [-0.05, 0) is 30.4 Å². The molecule has 23 heavy (non-hydrogen) atoms. The lowest BCUT2D eigenvalue weighted by atomic mass is 10.1. The molecule has 1 amide bonds. The Labute approximate surface area is 137 Å². The Morgan fingerprint density at radius 2 is 1.96 bits per heavy atom. The highest BCUT2D eigenvalue weighted by Gasteiger charge is 2.19. The zero-order valence-electron chi connectivity index (χ0n) is 12.1. The minimum Gasteiger partial charge on any atom is -0.497 e. The lowest BCUT2D eigenvalue weighted by molar-refractivity contribution is -0.385. The number of carbonyl (C=O) groups excluding carboxylic acids is 1. The summed E-state index contributed by atoms with van der Waals surface area (Å²) >= 11 is 5.05. The van der Waals surface area contributed by atoms with Gasteiger partial charge in [0.05, 0.1) is 12.0 Å². The fourth-order valence-electron chi connectivity index (χ4n) is 1.86. The fourth-order valence-corrected chi connectivity index (χ4v) is 2.07. The van der Waals surface area contributed by atoms with E-state index in [1.165, 1.54) is 25.3 Å². The molecule has 0 spiro atoms. The molecule has 0 fully saturated rings. The van der Waals surface area contributed by atoms with Crippen molar-refractivity contribution in [1.82, 2.24) is 5.32 Å². The maximum Gasteiger partial charge on any atom is 0.282 e. The Morgan fingerprint density at radius 1 is 1.22 bits per heavy atom. The Hall–Kier alpha value is -3.00. The van der Waals surface area contributed by atoms with Gasteiger partial charge in [0.25, 0.3) is 11.6 Å². The van der Waals surface area contributed by atoms with E-state index >= 15 is 0 Å². The first kappa shape index (κ1) is 16.4. The van der Waals surface area contributed by atoms with Crippen LogP contribution in [0, 0.1) is 10.1 Å². The summed E-state index contributed by atoms with van der Waals surface area (Å²) < 4.78 is 5.08. The molecule has 0 aromatic heterocycles. The van der Waals surface area contributed by atoms with Crippen LogP contribution in [0.15, 0.2) is 48.5 Å². The van der Waals surface area contributed by atoms with Crippen molar-refractivity contribution in [2.45, 2.75) is 0 Å². The molecule has 2 N–H and O–H groups in total. The highest BCUT2D eigenvalue weighted by molar-refractivity contribution is 7.80. The number of nitro benzene ring substituents is 1. The number of hydrogen-bond acceptors (Lipinski definition) is 5. The standard InChI is InChI=1S/C15H13N3O4S/c1-22-11-6-4-5-10(9-11)16-15(23)17-14(19)12-7-2-3-8-13(12)18(20)21/h2-9H,1H3,(H2,16,17,19,23). The van der Waals surface area contributed by atoms with Gasteiger partial charge in [0.1, 0.15) is 11.3 Å². The quantitative estimate of drug-likeness (QED) is 0.508. The summed E-state index contributed by atoms with van der Waals surface area (Å²) in [4.78, 5) is 22.4. The summed E-state index contributed by atoms with van der Waals surface area (Å²) in [5.41, 5.74) is 0.277. The molecule has 2 rings (SSSR count). The zero-order valence-corrected chi connectivity index (χ0v) is 12.9. The maximum absolute atomic E-state index is 12.1. The van der Waals surface area contributed by atoms with Crippen LogP contribution in [0.25, 0.3) is 0 Å². The third-order valence-electron chi connectivity index (χ3n) is 2.90. The predicted molar refractivity (Wildman–Crippen MR) is 89.8 cm³/mol. The molecule has 0 saturated carbocycles. The molecule has 0 atom stereocenters. The van der Waals surface area contributed by atoms with Crippen molar-refractivity contribution >= 4 is 34.6 Å². The van der Waals surface area contributed by atoms with E-state index in [-0.39, 0.29) is 16.4 Å². The normalized spacial score (nSPS) is 9.78. The number of anilines is 1. The first-order valence-electron chi connectivity index (χ1n) is 6.51. The number of nitrogens with one attached hydrogen (secondary N) is 2. The maximum atomic E-state index is 12.1. The first-order valence-corrected chi connectivity index (χ1v) is 6.92. The minimum absolute atomic E-state index is 0.0291. The summed E-state index contributed by atoms with van der Waals surface area (Å²) in [6.07, 6.45) is 0. The van der Waals surface area contributed by atoms with Crippen LogP contribution in [-0.4, -0.2) is 23.1 Å². The first-order chi connectivity index (χ1) is 11.0. The van der Waals surface area contributed by atoms with Gasteiger partial charge in [-0.2, -0.15) is 0 Å². The second-order valence-electron chi connectivity index (χ2n) is 4.41. The van der Waals surface area contributed by atoms with Crippen LogP contribution < -0.4 is 15.4 Å². The molecule has 2 aromatic rings. The third-order valence-corrected chi connectivity index (χ3v) is 3.10. The summed E-state index contributed by atoms with van der Waals surface area (Å²) in [6, 6.07) is 12.6. The van der Waals surface area contributed by atoms with Crippen LogP contribution in [0.3, 0.4) is 0 Å². The molecule has 7 nitrogen and oxygen atoms in total. The van der Waals surface area contributed by atoms with Gasteiger partial charge in [-0.15, -0.1) is 0 Å². The molecule has 0 aliphatic carbocycles. The van der Waals surface area contributed by atoms with Gasteiger partial charge in [0.2, 0.25) is 0 Å². The minimum atomic E-state index is -0.655. The smallest absolute Gasteiger partial charge is 0.282 e. The average Bonchev–Trinajstić information content (AvgIpc) is 2.54. The van der Waals surface area contributed by atoms with Crippen LogP contribution >= 0.6 is 12.2 Å². The molecule has 0 saturated heterocycles. The second kappa shape index (κ2) is 7.32. The largest absolute Gasteiger partial charge is 0.497 e. The lowest BCUT2D eigenvalue weighted by Gasteiger charge is -2.10. The topological polar surface area (TPSA) is 93.5 Å². The molecule has 8 heteroatoms. The van der Waals surface area contributed by atoms with E-state index in [9.17, 15) is 14.9 Å². The lowest BCUT2D eigenvalue weighted by Crippen LogP contribution is -2.34. The van der Waals surface area contributed by atoms with E-state index in [1.807, 2.05) is 0 Å². The molecule has 118 valence electrons. The number of methoxy groups -OCH3 is 1. The fraction of sp³-hybridized carbons (Fsp3) is 0.0667. The van der Waals surface area contributed by atoms with Gasteiger partial charge in [-0.25, -0.2) is 0 Å². The van der Waals surface area contributed by atoms with Gasteiger partial charge in [-0.1, -0.05) is 18.2 Å². The number of ether oxygens (including phenoxy) is 1. The average molecular weight is 331 g/mol. The zero-order chi connectivity index (χ0) is 16.8. The van der Waals surface area contributed by atoms with E-state index in [4.69, 9.17) is 17.0 Å². The van der Waals surface area contributed by atoms with Gasteiger partial charge < -0.3 is 10.1 Å². The molecular weight excluding hydrogens is 318 g/mol. The number of hydrogen-bond donors (Lipinski definition) is 2. The molecule has 0 unspecified atom stereocenters. The van der Waals surface area contributed by atoms with Crippen molar-refractivity contribution in [1.29, 1.82) is 0 Å². The molecule has 2 aromatic carbocycles. The van der Waals surface area contributed by atoms with Gasteiger partial charge in [0, 0.05) is 17.8 Å². The number of nitrogens with zero attached hydrogens (tertiary/aromatic N) is 1. The van der Waals surface area contributed by atoms with Gasteiger partial charge in [0.15, 0.2) is 5.11 Å². The van der Waals surface area contributed by atoms with Crippen molar-refractivity contribution in [3.05, 3.63) is 64.2 Å². The van der Waals surface area contributed by atoms with Crippen LogP contribution in [0.4, 0.5) is 11.4 Å². The Balaban J connectivity index is 2.08. The van der Waals surface area contributed by atoms with Crippen LogP contribution in [0.2, 0.25) is 0 Å². The number of carbonyl (C=O) groups is 1. The second-order valence-corrected chi connectivity index (χ2v) is 4.82. The van der Waals surface area contributed by atoms with Crippen LogP contribution in [-0.2, 0) is 0 Å². The van der Waals surface area contributed by atoms with Crippen LogP contribution in [0.5, 0.6) is 5.75 Å². The molecule has 0 radical (unpaired) electrons. The Bertz CT molecular complexity index is 764. The van der Waals surface area contributed by atoms with Crippen molar-refractivity contribution in [3.63, 3.8) is 0 Å². The van der Waals surface area contributed by atoms with Crippen LogP contribution in [0.1, 0.15) is 10.4 Å². The molecular formula is C15H13N3O4S. The highest BCUT2D eigenvalue weighted by atomic mass is 32.1. The number of benzene rings is 2. The summed E-state index contributed by atoms with van der Waals surface area (Å²) in [6.45, 7) is 0. The predicted octanol–water partition coefficient (Wildman–Crippen LogP) is 2.73. The van der Waals surface area contributed by atoms with Crippen molar-refractivity contribution in [3.8, 4) is 5.75 Å². The van der Waals surface area contributed by atoms with E-state index in [0.717, 1.165) is 0 Å². The number of thiocarbonyl (C=S) groups is 1. The van der Waals surface area contributed by atoms with Crippen molar-refractivity contribution < 1.29 is 14.5 Å². The third kappa shape index (κ3) is 4.24. The number of para-hydroxylation sites is 1. The monoisotopic (exact) mass is 331 g/mol. The molecule has 0 heterocycles. The molecule has 0 bridgehead atoms. The van der Waals surface area contributed by atoms with Gasteiger partial charge in [-0.3, -0.25) is 20.2 Å². The summed E-state index contributed by atoms with van der Waals surface area (Å²) in [7, 11) is 1.54. The van der Waals surface area contributed by atoms with E-state index in [0.29, 0.717) is 11.4 Å². The SMILES string of the molecule is COc1cccc(NC(=S)NC(=O)c2ccccc2[N+](=O)[O-])c1. The van der Waals surface area contributed by atoms with E-state index in [2.05, 4.69) is 10.6 Å². The summed E-state index contributed by atoms with van der Waals surface area (Å²) in [5.74, 6) is -0.0273. The van der Waals surface area contributed by atoms with Crippen molar-refractivity contribution in [2.24, 2.45) is 0 Å².